The van der Waals surface area contributed by atoms with Gasteiger partial charge in [-0.2, -0.15) is 0 Å². The minimum atomic E-state index is -0.323. The largest absolute Gasteiger partial charge is 0.457 e. The van der Waals surface area contributed by atoms with Crippen molar-refractivity contribution in [3.8, 4) is 11.5 Å². The number of carbonyl (C=O) groups is 1. The van der Waals surface area contributed by atoms with Crippen molar-refractivity contribution >= 4 is 11.6 Å². The average molecular weight is 434 g/mol. The first kappa shape index (κ1) is 22.0. The third kappa shape index (κ3) is 5.52. The molecule has 1 amide bonds. The zero-order chi connectivity index (χ0) is 22.5. The number of benzene rings is 3. The van der Waals surface area contributed by atoms with E-state index in [-0.39, 0.29) is 11.7 Å². The van der Waals surface area contributed by atoms with Crippen LogP contribution in [0.3, 0.4) is 0 Å². The smallest absolute Gasteiger partial charge is 0.258 e. The first-order chi connectivity index (χ1) is 15.5. The van der Waals surface area contributed by atoms with E-state index in [9.17, 15) is 9.18 Å². The van der Waals surface area contributed by atoms with Crippen molar-refractivity contribution in [1.29, 1.82) is 0 Å². The molecule has 32 heavy (non-hydrogen) atoms. The molecule has 3 aromatic carbocycles. The molecule has 1 heterocycles. The molecule has 1 aliphatic rings. The number of anilines is 1. The van der Waals surface area contributed by atoms with E-state index in [4.69, 9.17) is 4.74 Å². The first-order valence-corrected chi connectivity index (χ1v) is 10.8. The molecule has 5 nitrogen and oxygen atoms in total. The Bertz CT molecular complexity index is 1050. The van der Waals surface area contributed by atoms with Crippen LogP contribution < -0.4 is 15.0 Å². The number of rotatable bonds is 6. The summed E-state index contributed by atoms with van der Waals surface area (Å²) in [6, 6.07) is 21.4. The minimum Gasteiger partial charge on any atom is -0.457 e. The van der Waals surface area contributed by atoms with Crippen LogP contribution >= 0.6 is 0 Å². The van der Waals surface area contributed by atoms with Crippen LogP contribution in [0.4, 0.5) is 10.1 Å². The van der Waals surface area contributed by atoms with Gasteiger partial charge in [0.2, 0.25) is 0 Å². The van der Waals surface area contributed by atoms with Gasteiger partial charge >= 0.3 is 0 Å². The maximum absolute atomic E-state index is 13.1. The van der Waals surface area contributed by atoms with Gasteiger partial charge in [-0.05, 0) is 67.1 Å². The van der Waals surface area contributed by atoms with Crippen LogP contribution in [-0.4, -0.2) is 43.5 Å². The number of nitrogens with one attached hydrogen (secondary N) is 1. The highest BCUT2D eigenvalue weighted by molar-refractivity contribution is 6.05. The molecule has 1 fully saturated rings. The number of halogens is 1. The van der Waals surface area contributed by atoms with Crippen LogP contribution in [0.25, 0.3) is 0 Å². The molecule has 6 heteroatoms. The molecule has 0 spiro atoms. The van der Waals surface area contributed by atoms with E-state index in [0.29, 0.717) is 23.1 Å². The number of amides is 1. The fraction of sp³-hybridized carbons (Fsp3) is 0.269. The molecule has 1 atom stereocenters. The molecule has 0 aromatic heterocycles. The topological polar surface area (TPSA) is 44.8 Å². The summed E-state index contributed by atoms with van der Waals surface area (Å²) < 4.78 is 18.9. The summed E-state index contributed by atoms with van der Waals surface area (Å²) in [6.07, 6.45) is 0. The predicted molar refractivity (Wildman–Crippen MR) is 125 cm³/mol. The Labute approximate surface area is 188 Å². The van der Waals surface area contributed by atoms with E-state index in [1.54, 1.807) is 48.3 Å². The molecule has 166 valence electrons. The molecule has 1 N–H and O–H groups in total. The number of ether oxygens (including phenoxy) is 1. The van der Waals surface area contributed by atoms with Crippen molar-refractivity contribution in [2.45, 2.75) is 19.5 Å². The molecule has 0 saturated carbocycles. The van der Waals surface area contributed by atoms with Crippen LogP contribution in [-0.2, 0) is 6.54 Å². The number of hydrogen-bond acceptors (Lipinski definition) is 4. The van der Waals surface area contributed by atoms with Crippen LogP contribution in [0.5, 0.6) is 11.5 Å². The summed E-state index contributed by atoms with van der Waals surface area (Å²) in [4.78, 5) is 17.1. The Morgan fingerprint density at radius 3 is 2.56 bits per heavy atom. The summed E-state index contributed by atoms with van der Waals surface area (Å²) in [6.45, 7) is 6.21. The second-order valence-electron chi connectivity index (χ2n) is 8.20. The fourth-order valence-corrected chi connectivity index (χ4v) is 3.88. The van der Waals surface area contributed by atoms with Crippen LogP contribution in [0.2, 0.25) is 0 Å². The number of carbonyl (C=O) groups excluding carboxylic acids is 1. The van der Waals surface area contributed by atoms with Gasteiger partial charge in [0.05, 0.1) is 0 Å². The summed E-state index contributed by atoms with van der Waals surface area (Å²) in [7, 11) is 1.77. The molecule has 0 bridgehead atoms. The standard InChI is InChI=1S/C26H28FN3O2/c1-19-17-30(15-14-28-19)18-20-6-10-23(11-7-20)29(2)26(31)21-4-3-5-25(16-21)32-24-12-8-22(27)9-13-24/h3-13,16,19,28H,14-15,17-18H2,1-2H3/t19-/m0/s1. The maximum Gasteiger partial charge on any atom is 0.258 e. The van der Waals surface area contributed by atoms with Crippen molar-refractivity contribution in [1.82, 2.24) is 10.2 Å². The Hall–Kier alpha value is -3.22. The van der Waals surface area contributed by atoms with E-state index in [0.717, 1.165) is 31.9 Å². The van der Waals surface area contributed by atoms with Crippen molar-refractivity contribution in [2.75, 3.05) is 31.6 Å². The highest BCUT2D eigenvalue weighted by Gasteiger charge is 2.17. The monoisotopic (exact) mass is 433 g/mol. The fourth-order valence-electron chi connectivity index (χ4n) is 3.88. The van der Waals surface area contributed by atoms with Gasteiger partial charge < -0.3 is 15.0 Å². The molecular formula is C26H28FN3O2. The zero-order valence-corrected chi connectivity index (χ0v) is 18.4. The predicted octanol–water partition coefficient (Wildman–Crippen LogP) is 4.69. The van der Waals surface area contributed by atoms with E-state index >= 15 is 0 Å². The Balaban J connectivity index is 1.41. The molecule has 3 aromatic rings. The normalized spacial score (nSPS) is 16.5. The van der Waals surface area contributed by atoms with Gasteiger partial charge in [-0.15, -0.1) is 0 Å². The Morgan fingerprint density at radius 2 is 1.84 bits per heavy atom. The average Bonchev–Trinajstić information content (AvgIpc) is 2.80. The number of hydrogen-bond donors (Lipinski definition) is 1. The summed E-state index contributed by atoms with van der Waals surface area (Å²) >= 11 is 0. The third-order valence-electron chi connectivity index (χ3n) is 5.62. The second-order valence-corrected chi connectivity index (χ2v) is 8.20. The van der Waals surface area contributed by atoms with Gasteiger partial charge in [0.25, 0.3) is 5.91 Å². The van der Waals surface area contributed by atoms with Gasteiger partial charge in [-0.3, -0.25) is 9.69 Å². The van der Waals surface area contributed by atoms with Gasteiger partial charge in [-0.1, -0.05) is 18.2 Å². The molecular weight excluding hydrogens is 405 g/mol. The molecule has 0 radical (unpaired) electrons. The second kappa shape index (κ2) is 9.94. The number of piperazine rings is 1. The third-order valence-corrected chi connectivity index (χ3v) is 5.62. The summed E-state index contributed by atoms with van der Waals surface area (Å²) in [5.41, 5.74) is 2.58. The van der Waals surface area contributed by atoms with E-state index in [2.05, 4.69) is 29.3 Å². The lowest BCUT2D eigenvalue weighted by Crippen LogP contribution is -2.48. The van der Waals surface area contributed by atoms with Crippen molar-refractivity contribution in [3.05, 3.63) is 89.7 Å². The quantitative estimate of drug-likeness (QED) is 0.613. The lowest BCUT2D eigenvalue weighted by atomic mass is 10.1. The van der Waals surface area contributed by atoms with Crippen molar-refractivity contribution in [2.24, 2.45) is 0 Å². The molecule has 4 rings (SSSR count). The highest BCUT2D eigenvalue weighted by atomic mass is 19.1. The summed E-state index contributed by atoms with van der Waals surface area (Å²) in [5, 5.41) is 3.46. The van der Waals surface area contributed by atoms with Crippen LogP contribution in [0.1, 0.15) is 22.8 Å². The summed E-state index contributed by atoms with van der Waals surface area (Å²) in [5.74, 6) is 0.588. The lowest BCUT2D eigenvalue weighted by molar-refractivity contribution is 0.0992. The number of nitrogens with zero attached hydrogens (tertiary/aromatic N) is 2. The van der Waals surface area contributed by atoms with Gasteiger partial charge in [0.1, 0.15) is 17.3 Å². The SMILES string of the molecule is C[C@H]1CN(Cc2ccc(N(C)C(=O)c3cccc(Oc4ccc(F)cc4)c3)cc2)CCN1. The van der Waals surface area contributed by atoms with Gasteiger partial charge in [0.15, 0.2) is 0 Å². The van der Waals surface area contributed by atoms with Gasteiger partial charge in [-0.25, -0.2) is 4.39 Å². The molecule has 0 aliphatic carbocycles. The maximum atomic E-state index is 13.1. The molecule has 1 saturated heterocycles. The Morgan fingerprint density at radius 1 is 1.09 bits per heavy atom. The van der Waals surface area contributed by atoms with E-state index in [1.807, 2.05) is 12.1 Å². The van der Waals surface area contributed by atoms with Gasteiger partial charge in [0, 0.05) is 50.5 Å². The van der Waals surface area contributed by atoms with E-state index < -0.39 is 0 Å². The van der Waals surface area contributed by atoms with Crippen molar-refractivity contribution in [3.63, 3.8) is 0 Å². The molecule has 1 aliphatic heterocycles. The van der Waals surface area contributed by atoms with E-state index in [1.165, 1.54) is 17.7 Å². The lowest BCUT2D eigenvalue weighted by Gasteiger charge is -2.31. The highest BCUT2D eigenvalue weighted by Crippen LogP contribution is 2.24. The first-order valence-electron chi connectivity index (χ1n) is 10.8. The Kier molecular flexibility index (Phi) is 6.83. The van der Waals surface area contributed by atoms with Crippen LogP contribution in [0, 0.1) is 5.82 Å². The zero-order valence-electron chi connectivity index (χ0n) is 18.4. The van der Waals surface area contributed by atoms with Crippen LogP contribution in [0.15, 0.2) is 72.8 Å². The van der Waals surface area contributed by atoms with Crippen molar-refractivity contribution < 1.29 is 13.9 Å². The minimum absolute atomic E-state index is 0.127. The molecule has 0 unspecified atom stereocenters.